The van der Waals surface area contributed by atoms with E-state index >= 15 is 0 Å². The molecular formula is C17H25N7O. The van der Waals surface area contributed by atoms with Crippen molar-refractivity contribution in [3.63, 3.8) is 0 Å². The van der Waals surface area contributed by atoms with Crippen LogP contribution in [0.15, 0.2) is 24.7 Å². The molecule has 0 radical (unpaired) electrons. The first-order valence-electron chi connectivity index (χ1n) is 8.65. The third-order valence-electron chi connectivity index (χ3n) is 4.43. The molecule has 0 spiro atoms. The van der Waals surface area contributed by atoms with Crippen molar-refractivity contribution in [3.8, 4) is 0 Å². The van der Waals surface area contributed by atoms with Crippen LogP contribution in [-0.4, -0.2) is 58.9 Å². The van der Waals surface area contributed by atoms with Gasteiger partial charge in [0.1, 0.15) is 23.7 Å². The second-order valence-electron chi connectivity index (χ2n) is 6.42. The quantitative estimate of drug-likeness (QED) is 0.878. The topological polar surface area (TPSA) is 79.2 Å². The predicted molar refractivity (Wildman–Crippen MR) is 97.0 cm³/mol. The molecule has 2 aromatic rings. The molecule has 1 unspecified atom stereocenters. The van der Waals surface area contributed by atoms with Gasteiger partial charge in [0.05, 0.1) is 0 Å². The Kier molecular flexibility index (Phi) is 5.16. The van der Waals surface area contributed by atoms with Gasteiger partial charge in [-0.25, -0.2) is 9.97 Å². The number of hydrogen-bond acceptors (Lipinski definition) is 6. The Hall–Kier alpha value is -2.64. The zero-order valence-electron chi connectivity index (χ0n) is 15.0. The summed E-state index contributed by atoms with van der Waals surface area (Å²) in [5, 5.41) is 7.30. The average Bonchev–Trinajstić information content (AvgIpc) is 3.11. The van der Waals surface area contributed by atoms with E-state index in [1.165, 1.54) is 0 Å². The Morgan fingerprint density at radius 2 is 2.24 bits per heavy atom. The average molecular weight is 343 g/mol. The number of aromatic nitrogens is 4. The first kappa shape index (κ1) is 17.2. The summed E-state index contributed by atoms with van der Waals surface area (Å²) in [5.74, 6) is 1.71. The molecule has 0 aliphatic carbocycles. The standard InChI is InChI=1S/C17H25N7O/c1-4-24-14(7-8-20-24)17(25)21-13-6-5-9-23(11-13)16-10-15(22(2)3)18-12-19-16/h7-8,10,12-13H,4-6,9,11H2,1-3H3,(H,21,25). The summed E-state index contributed by atoms with van der Waals surface area (Å²) in [7, 11) is 3.92. The number of hydrogen-bond donors (Lipinski definition) is 1. The summed E-state index contributed by atoms with van der Waals surface area (Å²) >= 11 is 0. The van der Waals surface area contributed by atoms with Crippen molar-refractivity contribution in [1.29, 1.82) is 0 Å². The lowest BCUT2D eigenvalue weighted by Crippen LogP contribution is -2.48. The molecule has 1 fully saturated rings. The number of aryl methyl sites for hydroxylation is 1. The number of piperidine rings is 1. The molecule has 3 heterocycles. The molecule has 1 saturated heterocycles. The van der Waals surface area contributed by atoms with Crippen LogP contribution in [0.4, 0.5) is 11.6 Å². The van der Waals surface area contributed by atoms with Gasteiger partial charge in [-0.05, 0) is 25.8 Å². The minimum atomic E-state index is -0.0668. The van der Waals surface area contributed by atoms with Gasteiger partial charge in [0, 0.05) is 52.0 Å². The number of nitrogens with one attached hydrogen (secondary N) is 1. The van der Waals surface area contributed by atoms with Crippen LogP contribution >= 0.6 is 0 Å². The first-order valence-corrected chi connectivity index (χ1v) is 8.65. The maximum absolute atomic E-state index is 12.5. The van der Waals surface area contributed by atoms with Crippen molar-refractivity contribution in [2.45, 2.75) is 32.4 Å². The van der Waals surface area contributed by atoms with Crippen LogP contribution in [0, 0.1) is 0 Å². The Labute approximate surface area is 147 Å². The zero-order chi connectivity index (χ0) is 17.8. The van der Waals surface area contributed by atoms with Gasteiger partial charge in [0.15, 0.2) is 0 Å². The van der Waals surface area contributed by atoms with Gasteiger partial charge in [0.25, 0.3) is 5.91 Å². The molecule has 0 saturated carbocycles. The van der Waals surface area contributed by atoms with Crippen LogP contribution in [0.25, 0.3) is 0 Å². The molecule has 1 N–H and O–H groups in total. The minimum Gasteiger partial charge on any atom is -0.363 e. The van der Waals surface area contributed by atoms with E-state index in [1.807, 2.05) is 32.0 Å². The van der Waals surface area contributed by atoms with E-state index in [2.05, 4.69) is 25.3 Å². The van der Waals surface area contributed by atoms with E-state index in [1.54, 1.807) is 23.3 Å². The number of carbonyl (C=O) groups excluding carboxylic acids is 1. The molecule has 8 nitrogen and oxygen atoms in total. The highest BCUT2D eigenvalue weighted by Crippen LogP contribution is 2.20. The fraction of sp³-hybridized carbons (Fsp3) is 0.529. The molecule has 3 rings (SSSR count). The Balaban J connectivity index is 1.67. The molecule has 25 heavy (non-hydrogen) atoms. The highest BCUT2D eigenvalue weighted by Gasteiger charge is 2.24. The number of amides is 1. The highest BCUT2D eigenvalue weighted by molar-refractivity contribution is 5.92. The number of anilines is 2. The molecule has 2 aromatic heterocycles. The normalized spacial score (nSPS) is 17.4. The lowest BCUT2D eigenvalue weighted by molar-refractivity contribution is 0.0922. The van der Waals surface area contributed by atoms with Crippen molar-refractivity contribution in [3.05, 3.63) is 30.4 Å². The third kappa shape index (κ3) is 3.89. The van der Waals surface area contributed by atoms with Gasteiger partial charge < -0.3 is 15.1 Å². The molecule has 1 aliphatic rings. The van der Waals surface area contributed by atoms with E-state index < -0.39 is 0 Å². The largest absolute Gasteiger partial charge is 0.363 e. The second kappa shape index (κ2) is 7.50. The predicted octanol–water partition coefficient (Wildman–Crippen LogP) is 1.16. The minimum absolute atomic E-state index is 0.0668. The fourth-order valence-electron chi connectivity index (χ4n) is 3.09. The van der Waals surface area contributed by atoms with Crippen molar-refractivity contribution in [1.82, 2.24) is 25.1 Å². The molecule has 134 valence electrons. The van der Waals surface area contributed by atoms with Crippen molar-refractivity contribution >= 4 is 17.5 Å². The third-order valence-corrected chi connectivity index (χ3v) is 4.43. The maximum Gasteiger partial charge on any atom is 0.269 e. The summed E-state index contributed by atoms with van der Waals surface area (Å²) in [5.41, 5.74) is 0.608. The van der Waals surface area contributed by atoms with Gasteiger partial charge in [-0.2, -0.15) is 5.10 Å². The molecule has 1 atom stereocenters. The van der Waals surface area contributed by atoms with Crippen molar-refractivity contribution in [2.24, 2.45) is 0 Å². The summed E-state index contributed by atoms with van der Waals surface area (Å²) in [6.07, 6.45) is 5.23. The number of carbonyl (C=O) groups is 1. The summed E-state index contributed by atoms with van der Waals surface area (Å²) in [4.78, 5) is 25.3. The lowest BCUT2D eigenvalue weighted by Gasteiger charge is -2.34. The van der Waals surface area contributed by atoms with Crippen molar-refractivity contribution < 1.29 is 4.79 Å². The lowest BCUT2D eigenvalue weighted by atomic mass is 10.1. The SMILES string of the molecule is CCn1nccc1C(=O)NC1CCCN(c2cc(N(C)C)ncn2)C1. The summed E-state index contributed by atoms with van der Waals surface area (Å²) < 4.78 is 1.71. The Bertz CT molecular complexity index is 727. The van der Waals surface area contributed by atoms with E-state index in [0.29, 0.717) is 12.2 Å². The zero-order valence-corrected chi connectivity index (χ0v) is 15.0. The van der Waals surface area contributed by atoms with Gasteiger partial charge in [-0.3, -0.25) is 9.48 Å². The van der Waals surface area contributed by atoms with E-state index in [-0.39, 0.29) is 11.9 Å². The smallest absolute Gasteiger partial charge is 0.269 e. The Morgan fingerprint density at radius 3 is 3.00 bits per heavy atom. The van der Waals surface area contributed by atoms with Crippen LogP contribution in [-0.2, 0) is 6.54 Å². The monoisotopic (exact) mass is 343 g/mol. The molecule has 1 amide bonds. The van der Waals surface area contributed by atoms with E-state index in [0.717, 1.165) is 37.6 Å². The van der Waals surface area contributed by atoms with Gasteiger partial charge in [-0.15, -0.1) is 0 Å². The Morgan fingerprint density at radius 1 is 1.40 bits per heavy atom. The van der Waals surface area contributed by atoms with Crippen LogP contribution in [0.1, 0.15) is 30.3 Å². The molecule has 1 aliphatic heterocycles. The molecule has 0 bridgehead atoms. The number of nitrogens with zero attached hydrogens (tertiary/aromatic N) is 6. The summed E-state index contributed by atoms with van der Waals surface area (Å²) in [6.45, 7) is 4.34. The van der Waals surface area contributed by atoms with Crippen LogP contribution in [0.2, 0.25) is 0 Å². The van der Waals surface area contributed by atoms with Gasteiger partial charge in [0.2, 0.25) is 0 Å². The van der Waals surface area contributed by atoms with Gasteiger partial charge >= 0.3 is 0 Å². The first-order chi connectivity index (χ1) is 12.1. The van der Waals surface area contributed by atoms with E-state index in [4.69, 9.17) is 0 Å². The molecular weight excluding hydrogens is 318 g/mol. The number of rotatable bonds is 5. The second-order valence-corrected chi connectivity index (χ2v) is 6.42. The van der Waals surface area contributed by atoms with Crippen LogP contribution in [0.3, 0.4) is 0 Å². The van der Waals surface area contributed by atoms with Crippen LogP contribution < -0.4 is 15.1 Å². The molecule has 8 heteroatoms. The summed E-state index contributed by atoms with van der Waals surface area (Å²) in [6, 6.07) is 3.84. The van der Waals surface area contributed by atoms with Gasteiger partial charge in [-0.1, -0.05) is 0 Å². The van der Waals surface area contributed by atoms with Crippen LogP contribution in [0.5, 0.6) is 0 Å². The van der Waals surface area contributed by atoms with Crippen molar-refractivity contribution in [2.75, 3.05) is 37.0 Å². The fourth-order valence-corrected chi connectivity index (χ4v) is 3.09. The van der Waals surface area contributed by atoms with E-state index in [9.17, 15) is 4.79 Å². The molecule has 0 aromatic carbocycles. The maximum atomic E-state index is 12.5. The highest BCUT2D eigenvalue weighted by atomic mass is 16.2.